The lowest BCUT2D eigenvalue weighted by Crippen LogP contribution is -2.38. The highest BCUT2D eigenvalue weighted by molar-refractivity contribution is 9.10. The van der Waals surface area contributed by atoms with Crippen molar-refractivity contribution in [3.05, 3.63) is 28.6 Å². The van der Waals surface area contributed by atoms with E-state index in [4.69, 9.17) is 10.2 Å². The molecule has 1 aliphatic heterocycles. The zero-order valence-electron chi connectivity index (χ0n) is 10.4. The van der Waals surface area contributed by atoms with Gasteiger partial charge in [0.1, 0.15) is 22.8 Å². The second-order valence-corrected chi connectivity index (χ2v) is 6.96. The number of hydrogen-bond acceptors (Lipinski definition) is 6. The summed E-state index contributed by atoms with van der Waals surface area (Å²) in [7, 11) is -3.65. The Hall–Kier alpha value is -1.23. The number of rotatable bonds is 3. The van der Waals surface area contributed by atoms with Crippen LogP contribution in [0, 0.1) is 0 Å². The normalized spacial score (nSPS) is 16.3. The van der Waals surface area contributed by atoms with Crippen LogP contribution in [0.1, 0.15) is 11.6 Å². The Morgan fingerprint density at radius 3 is 2.95 bits per heavy atom. The Balaban J connectivity index is 1.95. The van der Waals surface area contributed by atoms with E-state index in [0.717, 1.165) is 0 Å². The molecule has 8 nitrogen and oxygen atoms in total. The number of furan rings is 1. The highest BCUT2D eigenvalue weighted by Gasteiger charge is 2.32. The zero-order valence-corrected chi connectivity index (χ0v) is 12.8. The first-order valence-corrected chi connectivity index (χ1v) is 8.11. The van der Waals surface area contributed by atoms with Crippen LogP contribution < -0.4 is 5.73 Å². The fraction of sp³-hybridized carbons (Fsp3) is 0.400. The second-order valence-electron chi connectivity index (χ2n) is 4.33. The van der Waals surface area contributed by atoms with Crippen molar-refractivity contribution in [3.63, 3.8) is 0 Å². The maximum atomic E-state index is 12.6. The average molecular weight is 362 g/mol. The molecule has 0 atom stereocenters. The predicted octanol–water partition coefficient (Wildman–Crippen LogP) is 0.297. The molecule has 0 amide bonds. The summed E-state index contributed by atoms with van der Waals surface area (Å²) in [6.45, 7) is 1.23. The largest absolute Gasteiger partial charge is 0.452 e. The van der Waals surface area contributed by atoms with Gasteiger partial charge in [-0.15, -0.1) is 10.2 Å². The van der Waals surface area contributed by atoms with Crippen molar-refractivity contribution in [3.8, 4) is 0 Å². The van der Waals surface area contributed by atoms with E-state index in [9.17, 15) is 8.42 Å². The molecule has 3 heterocycles. The molecule has 0 spiro atoms. The molecule has 0 saturated heterocycles. The van der Waals surface area contributed by atoms with Crippen LogP contribution in [0.2, 0.25) is 0 Å². The standard InChI is InChI=1S/C10H12BrN5O3S/c11-10-8(3-7(4-12)19-10)20(17,18)16-2-1-15-6-13-14-9(15)5-16/h3,6H,1-2,4-5,12H2. The second kappa shape index (κ2) is 4.95. The lowest BCUT2D eigenvalue weighted by atomic mass is 10.4. The summed E-state index contributed by atoms with van der Waals surface area (Å²) < 4.78 is 33.8. The Morgan fingerprint density at radius 2 is 2.25 bits per heavy atom. The Kier molecular flexibility index (Phi) is 3.40. The third-order valence-electron chi connectivity index (χ3n) is 3.13. The molecule has 20 heavy (non-hydrogen) atoms. The highest BCUT2D eigenvalue weighted by Crippen LogP contribution is 2.30. The molecule has 0 aromatic carbocycles. The fourth-order valence-corrected chi connectivity index (χ4v) is 4.41. The molecule has 2 aromatic rings. The first-order valence-electron chi connectivity index (χ1n) is 5.87. The van der Waals surface area contributed by atoms with E-state index in [1.54, 1.807) is 6.33 Å². The van der Waals surface area contributed by atoms with Crippen molar-refractivity contribution in [1.29, 1.82) is 0 Å². The molecule has 3 rings (SSSR count). The summed E-state index contributed by atoms with van der Waals surface area (Å²) in [6.07, 6.45) is 1.60. The molecule has 0 fully saturated rings. The van der Waals surface area contributed by atoms with Crippen LogP contribution >= 0.6 is 15.9 Å². The topological polar surface area (TPSA) is 107 Å². The van der Waals surface area contributed by atoms with E-state index in [0.29, 0.717) is 24.7 Å². The van der Waals surface area contributed by atoms with Crippen LogP contribution in [0.3, 0.4) is 0 Å². The number of fused-ring (bicyclic) bond motifs is 1. The quantitative estimate of drug-likeness (QED) is 0.841. The average Bonchev–Trinajstić information content (AvgIpc) is 3.03. The molecule has 0 bridgehead atoms. The number of nitrogens with two attached hydrogens (primary N) is 1. The molecule has 0 aliphatic carbocycles. The molecule has 0 saturated carbocycles. The van der Waals surface area contributed by atoms with Gasteiger partial charge in [-0.25, -0.2) is 8.42 Å². The maximum Gasteiger partial charge on any atom is 0.247 e. The third-order valence-corrected chi connectivity index (χ3v) is 5.83. The first kappa shape index (κ1) is 13.7. The van der Waals surface area contributed by atoms with E-state index in [1.165, 1.54) is 10.4 Å². The van der Waals surface area contributed by atoms with Gasteiger partial charge in [0.15, 0.2) is 4.67 Å². The maximum absolute atomic E-state index is 12.6. The van der Waals surface area contributed by atoms with Crippen molar-refractivity contribution in [2.75, 3.05) is 6.54 Å². The van der Waals surface area contributed by atoms with Gasteiger partial charge in [0.05, 0.1) is 13.1 Å². The van der Waals surface area contributed by atoms with Crippen LogP contribution in [0.4, 0.5) is 0 Å². The van der Waals surface area contributed by atoms with E-state index in [-0.39, 0.29) is 22.7 Å². The lowest BCUT2D eigenvalue weighted by Gasteiger charge is -2.25. The molecule has 2 aromatic heterocycles. The third kappa shape index (κ3) is 2.18. The molecule has 108 valence electrons. The van der Waals surface area contributed by atoms with E-state index in [1.807, 2.05) is 4.57 Å². The molecular weight excluding hydrogens is 350 g/mol. The van der Waals surface area contributed by atoms with Gasteiger partial charge in [-0.05, 0) is 15.9 Å². The number of aromatic nitrogens is 3. The minimum atomic E-state index is -3.65. The zero-order chi connectivity index (χ0) is 14.3. The Morgan fingerprint density at radius 1 is 1.45 bits per heavy atom. The lowest BCUT2D eigenvalue weighted by molar-refractivity contribution is 0.334. The summed E-state index contributed by atoms with van der Waals surface area (Å²) in [6, 6.07) is 1.44. The molecule has 2 N–H and O–H groups in total. The van der Waals surface area contributed by atoms with Crippen LogP contribution in [0.5, 0.6) is 0 Å². The van der Waals surface area contributed by atoms with Gasteiger partial charge in [-0.3, -0.25) is 0 Å². The van der Waals surface area contributed by atoms with Gasteiger partial charge in [-0.1, -0.05) is 0 Å². The molecule has 10 heteroatoms. The van der Waals surface area contributed by atoms with Crippen LogP contribution in [-0.2, 0) is 29.7 Å². The van der Waals surface area contributed by atoms with Crippen molar-refractivity contribution < 1.29 is 12.8 Å². The summed E-state index contributed by atoms with van der Waals surface area (Å²) in [5.74, 6) is 1.04. The number of hydrogen-bond donors (Lipinski definition) is 1. The molecule has 0 radical (unpaired) electrons. The summed E-state index contributed by atoms with van der Waals surface area (Å²) in [5.41, 5.74) is 5.46. The summed E-state index contributed by atoms with van der Waals surface area (Å²) >= 11 is 3.12. The minimum Gasteiger partial charge on any atom is -0.452 e. The molecule has 0 unspecified atom stereocenters. The van der Waals surface area contributed by atoms with Crippen molar-refractivity contribution in [1.82, 2.24) is 19.1 Å². The smallest absolute Gasteiger partial charge is 0.247 e. The van der Waals surface area contributed by atoms with Crippen LogP contribution in [0.25, 0.3) is 0 Å². The number of halogens is 1. The van der Waals surface area contributed by atoms with Gasteiger partial charge in [0.25, 0.3) is 0 Å². The van der Waals surface area contributed by atoms with Crippen molar-refractivity contribution >= 4 is 26.0 Å². The van der Waals surface area contributed by atoms with Gasteiger partial charge in [0.2, 0.25) is 10.0 Å². The number of sulfonamides is 1. The highest BCUT2D eigenvalue weighted by atomic mass is 79.9. The van der Waals surface area contributed by atoms with E-state index < -0.39 is 10.0 Å². The number of nitrogens with zero attached hydrogens (tertiary/aromatic N) is 4. The van der Waals surface area contributed by atoms with Crippen LogP contribution in [0.15, 0.2) is 26.4 Å². The van der Waals surface area contributed by atoms with Gasteiger partial charge in [-0.2, -0.15) is 4.31 Å². The predicted molar refractivity (Wildman–Crippen MR) is 71.9 cm³/mol. The van der Waals surface area contributed by atoms with Gasteiger partial charge >= 0.3 is 0 Å². The fourth-order valence-electron chi connectivity index (χ4n) is 2.06. The van der Waals surface area contributed by atoms with Gasteiger partial charge in [0, 0.05) is 19.2 Å². The minimum absolute atomic E-state index is 0.0888. The van der Waals surface area contributed by atoms with E-state index >= 15 is 0 Å². The van der Waals surface area contributed by atoms with E-state index in [2.05, 4.69) is 26.1 Å². The monoisotopic (exact) mass is 361 g/mol. The Bertz CT molecular complexity index is 738. The molecule has 1 aliphatic rings. The summed E-state index contributed by atoms with van der Waals surface area (Å²) in [5, 5.41) is 7.68. The summed E-state index contributed by atoms with van der Waals surface area (Å²) in [4.78, 5) is 0.0888. The first-order chi connectivity index (χ1) is 9.52. The molecular formula is C10H12BrN5O3S. The van der Waals surface area contributed by atoms with Crippen molar-refractivity contribution in [2.45, 2.75) is 24.5 Å². The van der Waals surface area contributed by atoms with Gasteiger partial charge < -0.3 is 14.7 Å². The van der Waals surface area contributed by atoms with Crippen LogP contribution in [-0.4, -0.2) is 34.0 Å². The van der Waals surface area contributed by atoms with Crippen molar-refractivity contribution in [2.24, 2.45) is 5.73 Å². The SMILES string of the molecule is NCc1cc(S(=O)(=O)N2CCn3cnnc3C2)c(Br)o1. The Labute approximate surface area is 123 Å².